The number of ether oxygens (including phenoxy) is 1. The largest absolute Gasteiger partial charge is 0.462 e. The Kier molecular flexibility index (Phi) is 4.66. The van der Waals surface area contributed by atoms with Gasteiger partial charge in [-0.05, 0) is 51.3 Å². The Morgan fingerprint density at radius 1 is 1.28 bits per heavy atom. The highest BCUT2D eigenvalue weighted by Gasteiger charge is 2.31. The number of benzene rings is 1. The molecule has 0 aliphatic carbocycles. The predicted molar refractivity (Wildman–Crippen MR) is 97.5 cm³/mol. The van der Waals surface area contributed by atoms with Gasteiger partial charge in [0.2, 0.25) is 5.78 Å². The van der Waals surface area contributed by atoms with Crippen LogP contribution in [0.4, 0.5) is 5.69 Å². The zero-order chi connectivity index (χ0) is 18.1. The van der Waals surface area contributed by atoms with Crippen LogP contribution in [0.25, 0.3) is 0 Å². The molecule has 0 radical (unpaired) electrons. The Morgan fingerprint density at radius 3 is 2.72 bits per heavy atom. The number of anilines is 1. The quantitative estimate of drug-likeness (QED) is 0.669. The number of carbonyl (C=O) groups is 2. The number of esters is 1. The highest BCUT2D eigenvalue weighted by atomic mass is 16.5. The summed E-state index contributed by atoms with van der Waals surface area (Å²) < 4.78 is 5.11. The van der Waals surface area contributed by atoms with Crippen molar-refractivity contribution in [1.29, 1.82) is 0 Å². The fourth-order valence-electron chi connectivity index (χ4n) is 3.62. The van der Waals surface area contributed by atoms with E-state index in [1.165, 1.54) is 5.56 Å². The molecule has 0 saturated carbocycles. The summed E-state index contributed by atoms with van der Waals surface area (Å²) in [6.45, 7) is 8.43. The van der Waals surface area contributed by atoms with Gasteiger partial charge >= 0.3 is 5.97 Å². The molecule has 0 fully saturated rings. The molecule has 25 heavy (non-hydrogen) atoms. The molecule has 5 nitrogen and oxygen atoms in total. The zero-order valence-electron chi connectivity index (χ0n) is 15.2. The van der Waals surface area contributed by atoms with Gasteiger partial charge in [0.1, 0.15) is 0 Å². The van der Waals surface area contributed by atoms with Crippen LogP contribution in [0.1, 0.15) is 51.5 Å². The maximum atomic E-state index is 13.1. The van der Waals surface area contributed by atoms with E-state index in [9.17, 15) is 9.59 Å². The standard InChI is InChI=1S/C20H24N2O3/c1-5-25-20(24)17-12(2)18(21-13(17)3)19(23)14(4)22-11-10-15-8-6-7-9-16(15)22/h6-9,14,21H,5,10-11H2,1-4H3/t14-/m0/s1. The minimum absolute atomic E-state index is 0.00662. The lowest BCUT2D eigenvalue weighted by Crippen LogP contribution is -2.38. The van der Waals surface area contributed by atoms with E-state index in [4.69, 9.17) is 4.74 Å². The lowest BCUT2D eigenvalue weighted by Gasteiger charge is -2.26. The van der Waals surface area contributed by atoms with Crippen molar-refractivity contribution < 1.29 is 14.3 Å². The molecule has 1 aliphatic heterocycles. The number of H-pyrrole nitrogens is 1. The van der Waals surface area contributed by atoms with Crippen molar-refractivity contribution >= 4 is 17.4 Å². The van der Waals surface area contributed by atoms with Crippen molar-refractivity contribution in [1.82, 2.24) is 4.98 Å². The van der Waals surface area contributed by atoms with Crippen LogP contribution in [-0.2, 0) is 11.2 Å². The number of carbonyl (C=O) groups excluding carboxylic acids is 2. The van der Waals surface area contributed by atoms with Crippen molar-refractivity contribution in [3.63, 3.8) is 0 Å². The summed E-state index contributed by atoms with van der Waals surface area (Å²) in [4.78, 5) is 30.5. The molecule has 5 heteroatoms. The zero-order valence-corrected chi connectivity index (χ0v) is 15.2. The predicted octanol–water partition coefficient (Wildman–Crippen LogP) is 3.44. The summed E-state index contributed by atoms with van der Waals surface area (Å²) in [6.07, 6.45) is 0.949. The van der Waals surface area contributed by atoms with Gasteiger partial charge in [-0.3, -0.25) is 4.79 Å². The van der Waals surface area contributed by atoms with E-state index in [0.717, 1.165) is 18.7 Å². The first-order valence-corrected chi connectivity index (χ1v) is 8.70. The molecule has 2 aromatic rings. The van der Waals surface area contributed by atoms with Crippen LogP contribution in [0.5, 0.6) is 0 Å². The SMILES string of the molecule is CCOC(=O)c1c(C)[nH]c(C(=O)[C@H](C)N2CCc3ccccc32)c1C. The molecule has 3 rings (SSSR count). The molecule has 1 aliphatic rings. The van der Waals surface area contributed by atoms with Gasteiger partial charge in [-0.1, -0.05) is 18.2 Å². The van der Waals surface area contributed by atoms with Gasteiger partial charge in [0.15, 0.2) is 0 Å². The third kappa shape index (κ3) is 2.95. The lowest BCUT2D eigenvalue weighted by molar-refractivity contribution is 0.0525. The summed E-state index contributed by atoms with van der Waals surface area (Å²) in [7, 11) is 0. The molecular formula is C20H24N2O3. The second-order valence-corrected chi connectivity index (χ2v) is 6.46. The Morgan fingerprint density at radius 2 is 2.00 bits per heavy atom. The number of nitrogens with one attached hydrogen (secondary N) is 1. The minimum Gasteiger partial charge on any atom is -0.462 e. The third-order valence-corrected chi connectivity index (χ3v) is 4.93. The first-order valence-electron chi connectivity index (χ1n) is 8.70. The summed E-state index contributed by atoms with van der Waals surface area (Å²) in [5.74, 6) is -0.389. The maximum Gasteiger partial charge on any atom is 0.340 e. The smallest absolute Gasteiger partial charge is 0.340 e. The molecule has 1 aromatic heterocycles. The fraction of sp³-hybridized carbons (Fsp3) is 0.400. The van der Waals surface area contributed by atoms with E-state index in [1.54, 1.807) is 20.8 Å². The topological polar surface area (TPSA) is 62.4 Å². The van der Waals surface area contributed by atoms with E-state index >= 15 is 0 Å². The number of aromatic nitrogens is 1. The second-order valence-electron chi connectivity index (χ2n) is 6.46. The first-order chi connectivity index (χ1) is 12.0. The Balaban J connectivity index is 1.89. The van der Waals surface area contributed by atoms with E-state index < -0.39 is 0 Å². The number of Topliss-reactive ketones (excluding diaryl/α,β-unsaturated/α-hetero) is 1. The van der Waals surface area contributed by atoms with Crippen LogP contribution < -0.4 is 4.90 Å². The van der Waals surface area contributed by atoms with Crippen molar-refractivity contribution in [3.05, 3.63) is 52.3 Å². The number of aromatic amines is 1. The average molecular weight is 340 g/mol. The van der Waals surface area contributed by atoms with Gasteiger partial charge in [0, 0.05) is 17.9 Å². The average Bonchev–Trinajstić information content (AvgIpc) is 3.14. The molecule has 2 heterocycles. The molecular weight excluding hydrogens is 316 g/mol. The monoisotopic (exact) mass is 340 g/mol. The highest BCUT2D eigenvalue weighted by molar-refractivity contribution is 6.05. The third-order valence-electron chi connectivity index (χ3n) is 4.93. The van der Waals surface area contributed by atoms with Crippen LogP contribution in [0, 0.1) is 13.8 Å². The highest BCUT2D eigenvalue weighted by Crippen LogP contribution is 2.31. The molecule has 132 valence electrons. The van der Waals surface area contributed by atoms with Gasteiger partial charge in [0.05, 0.1) is 23.9 Å². The molecule has 0 unspecified atom stereocenters. The van der Waals surface area contributed by atoms with Gasteiger partial charge in [-0.2, -0.15) is 0 Å². The number of ketones is 1. The molecule has 1 N–H and O–H groups in total. The number of hydrogen-bond acceptors (Lipinski definition) is 4. The normalized spacial score (nSPS) is 14.3. The molecule has 1 aromatic carbocycles. The Bertz CT molecular complexity index is 822. The van der Waals surface area contributed by atoms with Gasteiger partial charge < -0.3 is 14.6 Å². The maximum absolute atomic E-state index is 13.1. The summed E-state index contributed by atoms with van der Waals surface area (Å²) in [5, 5.41) is 0. The van der Waals surface area contributed by atoms with Crippen LogP contribution in [0.3, 0.4) is 0 Å². The van der Waals surface area contributed by atoms with Crippen LogP contribution >= 0.6 is 0 Å². The second kappa shape index (κ2) is 6.75. The number of aryl methyl sites for hydroxylation is 1. The van der Waals surface area contributed by atoms with Crippen LogP contribution in [0.2, 0.25) is 0 Å². The summed E-state index contributed by atoms with van der Waals surface area (Å²) in [5.41, 5.74) is 4.70. The number of nitrogens with zero attached hydrogens (tertiary/aromatic N) is 1. The van der Waals surface area contributed by atoms with E-state index in [0.29, 0.717) is 29.1 Å². The molecule has 1 atom stereocenters. The summed E-state index contributed by atoms with van der Waals surface area (Å²) >= 11 is 0. The van der Waals surface area contributed by atoms with Crippen LogP contribution in [-0.4, -0.2) is 35.9 Å². The van der Waals surface area contributed by atoms with Crippen LogP contribution in [0.15, 0.2) is 24.3 Å². The fourth-order valence-corrected chi connectivity index (χ4v) is 3.62. The van der Waals surface area contributed by atoms with Crippen molar-refractivity contribution in [2.24, 2.45) is 0 Å². The number of rotatable bonds is 5. The number of hydrogen-bond donors (Lipinski definition) is 1. The van der Waals surface area contributed by atoms with Crippen molar-refractivity contribution in [2.75, 3.05) is 18.1 Å². The Hall–Kier alpha value is -2.56. The van der Waals surface area contributed by atoms with E-state index in [1.807, 2.05) is 19.1 Å². The van der Waals surface area contributed by atoms with Gasteiger partial charge in [-0.15, -0.1) is 0 Å². The summed E-state index contributed by atoms with van der Waals surface area (Å²) in [6, 6.07) is 7.89. The van der Waals surface area contributed by atoms with E-state index in [-0.39, 0.29) is 17.8 Å². The molecule has 0 spiro atoms. The first kappa shape index (κ1) is 17.3. The molecule has 0 amide bonds. The Labute approximate surface area is 148 Å². The van der Waals surface area contributed by atoms with Gasteiger partial charge in [-0.25, -0.2) is 4.79 Å². The van der Waals surface area contributed by atoms with Crippen molar-refractivity contribution in [3.8, 4) is 0 Å². The number of fused-ring (bicyclic) bond motifs is 1. The lowest BCUT2D eigenvalue weighted by atomic mass is 10.0. The van der Waals surface area contributed by atoms with Gasteiger partial charge in [0.25, 0.3) is 0 Å². The van der Waals surface area contributed by atoms with E-state index in [2.05, 4.69) is 22.0 Å². The molecule has 0 bridgehead atoms. The van der Waals surface area contributed by atoms with Crippen molar-refractivity contribution in [2.45, 2.75) is 40.2 Å². The number of para-hydroxylation sites is 1. The molecule has 0 saturated heterocycles. The minimum atomic E-state index is -0.382.